The minimum absolute atomic E-state index is 0.174. The van der Waals surface area contributed by atoms with E-state index in [0.29, 0.717) is 5.56 Å². The normalized spacial score (nSPS) is 13.0. The van der Waals surface area contributed by atoms with Crippen LogP contribution in [0.15, 0.2) is 36.0 Å². The summed E-state index contributed by atoms with van der Waals surface area (Å²) in [5.41, 5.74) is 5.67. The predicted octanol–water partition coefficient (Wildman–Crippen LogP) is -1.35. The Balaban J connectivity index is 2.90. The summed E-state index contributed by atoms with van der Waals surface area (Å²) in [5.74, 6) is -5.29. The fourth-order valence-electron chi connectivity index (χ4n) is 2.09. The van der Waals surface area contributed by atoms with Gasteiger partial charge in [-0.15, -0.1) is 0 Å². The molecule has 0 unspecified atom stereocenters. The van der Waals surface area contributed by atoms with E-state index in [2.05, 4.69) is 10.6 Å². The maximum atomic E-state index is 12.5. The molecule has 11 nitrogen and oxygen atoms in total. The number of aliphatic carboxylic acids is 2. The molecule has 0 saturated carbocycles. The first kappa shape index (κ1) is 23.3. The third-order valence-electron chi connectivity index (χ3n) is 3.55. The van der Waals surface area contributed by atoms with Gasteiger partial charge in [-0.3, -0.25) is 19.2 Å². The third-order valence-corrected chi connectivity index (χ3v) is 3.55. The molecule has 7 N–H and O–H groups in total. The van der Waals surface area contributed by atoms with Crippen LogP contribution in [0.25, 0.3) is 6.08 Å². The minimum atomic E-state index is -1.66. The maximum Gasteiger partial charge on any atom is 0.326 e. The molecule has 156 valence electrons. The molecular formula is C18H22N4O7. The van der Waals surface area contributed by atoms with E-state index in [-0.39, 0.29) is 12.2 Å². The van der Waals surface area contributed by atoms with Crippen molar-refractivity contribution >= 4 is 35.7 Å². The Kier molecular flexibility index (Phi) is 8.99. The fourth-order valence-corrected chi connectivity index (χ4v) is 2.09. The Morgan fingerprint density at radius 1 is 1.07 bits per heavy atom. The minimum Gasteiger partial charge on any atom is -0.481 e. The van der Waals surface area contributed by atoms with Crippen molar-refractivity contribution in [3.05, 3.63) is 41.6 Å². The Morgan fingerprint density at radius 3 is 2.21 bits per heavy atom. The molecule has 3 amide bonds. The summed E-state index contributed by atoms with van der Waals surface area (Å²) in [7, 11) is 0. The summed E-state index contributed by atoms with van der Waals surface area (Å²) >= 11 is 0. The van der Waals surface area contributed by atoms with Crippen molar-refractivity contribution in [2.75, 3.05) is 6.54 Å². The zero-order chi connectivity index (χ0) is 22.0. The van der Waals surface area contributed by atoms with Gasteiger partial charge in [0, 0.05) is 0 Å². The Bertz CT molecular complexity index is 808. The van der Waals surface area contributed by atoms with Crippen LogP contribution >= 0.6 is 0 Å². The highest BCUT2D eigenvalue weighted by Gasteiger charge is 2.26. The number of hydrogen-bond donors (Lipinski definition) is 6. The van der Waals surface area contributed by atoms with Crippen molar-refractivity contribution in [2.24, 2.45) is 5.73 Å². The van der Waals surface area contributed by atoms with Gasteiger partial charge in [0.2, 0.25) is 11.8 Å². The number of carboxylic acids is 2. The molecule has 2 atom stereocenters. The van der Waals surface area contributed by atoms with Crippen LogP contribution in [0.2, 0.25) is 0 Å². The van der Waals surface area contributed by atoms with Crippen LogP contribution < -0.4 is 21.7 Å². The first-order valence-corrected chi connectivity index (χ1v) is 8.46. The number of nitrogens with one attached hydrogen (secondary N) is 3. The van der Waals surface area contributed by atoms with Gasteiger partial charge in [-0.2, -0.15) is 0 Å². The lowest BCUT2D eigenvalue weighted by Crippen LogP contribution is -2.52. The van der Waals surface area contributed by atoms with Crippen molar-refractivity contribution in [2.45, 2.75) is 25.4 Å². The molecule has 29 heavy (non-hydrogen) atoms. The van der Waals surface area contributed by atoms with Gasteiger partial charge >= 0.3 is 11.9 Å². The molecule has 1 rings (SSSR count). The van der Waals surface area contributed by atoms with E-state index in [9.17, 15) is 24.0 Å². The number of rotatable bonds is 10. The Labute approximate surface area is 166 Å². The van der Waals surface area contributed by atoms with Crippen LogP contribution in [0, 0.1) is 0 Å². The summed E-state index contributed by atoms with van der Waals surface area (Å²) in [5, 5.41) is 24.4. The van der Waals surface area contributed by atoms with Crippen molar-refractivity contribution < 1.29 is 34.2 Å². The second kappa shape index (κ2) is 11.2. The quantitative estimate of drug-likeness (QED) is 0.257. The fraction of sp³-hybridized carbons (Fsp3) is 0.278. The van der Waals surface area contributed by atoms with Crippen LogP contribution in [-0.2, 0) is 24.0 Å². The van der Waals surface area contributed by atoms with Gasteiger partial charge in [-0.1, -0.05) is 30.3 Å². The molecule has 1 aromatic rings. The van der Waals surface area contributed by atoms with Gasteiger partial charge in [-0.05, 0) is 18.6 Å². The number of nitrogens with two attached hydrogens (primary N) is 1. The van der Waals surface area contributed by atoms with E-state index in [1.165, 1.54) is 13.0 Å². The first-order chi connectivity index (χ1) is 13.6. The largest absolute Gasteiger partial charge is 0.481 e. The molecule has 0 heterocycles. The van der Waals surface area contributed by atoms with E-state index in [1.54, 1.807) is 30.3 Å². The number of hydrogen-bond acceptors (Lipinski definition) is 6. The number of benzene rings is 1. The average Bonchev–Trinajstić information content (AvgIpc) is 2.66. The lowest BCUT2D eigenvalue weighted by molar-refractivity contribution is -0.147. The van der Waals surface area contributed by atoms with Crippen molar-refractivity contribution in [3.63, 3.8) is 0 Å². The molecule has 0 radical (unpaired) electrons. The van der Waals surface area contributed by atoms with Gasteiger partial charge in [0.25, 0.3) is 5.91 Å². The maximum absolute atomic E-state index is 12.5. The molecule has 0 fully saturated rings. The first-order valence-electron chi connectivity index (χ1n) is 8.46. The number of carbonyl (C=O) groups is 5. The second-order valence-electron chi connectivity index (χ2n) is 5.91. The van der Waals surface area contributed by atoms with Gasteiger partial charge in [0.05, 0.1) is 13.0 Å². The van der Waals surface area contributed by atoms with Crippen molar-refractivity contribution in [3.8, 4) is 0 Å². The summed E-state index contributed by atoms with van der Waals surface area (Å²) < 4.78 is 0. The smallest absolute Gasteiger partial charge is 0.326 e. The SMILES string of the molecule is C[C@H](NC(=O)/C(=C/c1ccccc1)NC(=O)CN)C(=O)N[C@@H](CC(=O)O)C(=O)O. The van der Waals surface area contributed by atoms with Gasteiger partial charge < -0.3 is 31.9 Å². The van der Waals surface area contributed by atoms with E-state index in [4.69, 9.17) is 15.9 Å². The molecule has 0 saturated heterocycles. The summed E-state index contributed by atoms with van der Waals surface area (Å²) in [6.07, 6.45) is 0.547. The standard InChI is InChI=1S/C18H22N4O7/c1-10(16(26)22-13(18(28)29)8-15(24)25)20-17(27)12(21-14(23)9-19)7-11-5-3-2-4-6-11/h2-7,10,13H,8-9,19H2,1H3,(H,20,27)(H,21,23)(H,22,26)(H,24,25)(H,28,29)/b12-7-/t10-,13-/m0/s1. The summed E-state index contributed by atoms with van der Waals surface area (Å²) in [6, 6.07) is 5.69. The average molecular weight is 406 g/mol. The lowest BCUT2D eigenvalue weighted by atomic mass is 10.1. The van der Waals surface area contributed by atoms with Gasteiger partial charge in [0.15, 0.2) is 0 Å². The summed E-state index contributed by atoms with van der Waals surface area (Å²) in [6.45, 7) is 0.905. The predicted molar refractivity (Wildman–Crippen MR) is 101 cm³/mol. The topological polar surface area (TPSA) is 188 Å². The van der Waals surface area contributed by atoms with E-state index in [1.807, 2.05) is 5.32 Å². The van der Waals surface area contributed by atoms with E-state index < -0.39 is 48.2 Å². The molecule has 0 aliphatic heterocycles. The highest BCUT2D eigenvalue weighted by atomic mass is 16.4. The number of amides is 3. The summed E-state index contributed by atoms with van der Waals surface area (Å²) in [4.78, 5) is 58.0. The molecule has 0 aromatic heterocycles. The molecule has 0 aliphatic rings. The molecule has 1 aromatic carbocycles. The number of carboxylic acid groups (broad SMARTS) is 2. The van der Waals surface area contributed by atoms with Crippen LogP contribution in [0.1, 0.15) is 18.9 Å². The van der Waals surface area contributed by atoms with Crippen LogP contribution in [0.5, 0.6) is 0 Å². The zero-order valence-corrected chi connectivity index (χ0v) is 15.5. The van der Waals surface area contributed by atoms with Crippen LogP contribution in [-0.4, -0.2) is 58.5 Å². The monoisotopic (exact) mass is 406 g/mol. The highest BCUT2D eigenvalue weighted by molar-refractivity contribution is 6.03. The molecule has 0 aliphatic carbocycles. The number of carbonyl (C=O) groups excluding carboxylic acids is 3. The lowest BCUT2D eigenvalue weighted by Gasteiger charge is -2.18. The highest BCUT2D eigenvalue weighted by Crippen LogP contribution is 2.05. The molecule has 0 bridgehead atoms. The second-order valence-corrected chi connectivity index (χ2v) is 5.91. The van der Waals surface area contributed by atoms with Crippen molar-refractivity contribution in [1.29, 1.82) is 0 Å². The third kappa shape index (κ3) is 8.22. The van der Waals surface area contributed by atoms with Gasteiger partial charge in [-0.25, -0.2) is 4.79 Å². The van der Waals surface area contributed by atoms with Crippen molar-refractivity contribution in [1.82, 2.24) is 16.0 Å². The molecular weight excluding hydrogens is 384 g/mol. The molecule has 0 spiro atoms. The van der Waals surface area contributed by atoms with E-state index >= 15 is 0 Å². The zero-order valence-electron chi connectivity index (χ0n) is 15.5. The van der Waals surface area contributed by atoms with E-state index in [0.717, 1.165) is 0 Å². The van der Waals surface area contributed by atoms with Gasteiger partial charge in [0.1, 0.15) is 17.8 Å². The van der Waals surface area contributed by atoms with Crippen LogP contribution in [0.3, 0.4) is 0 Å². The Morgan fingerprint density at radius 2 is 1.69 bits per heavy atom. The van der Waals surface area contributed by atoms with Crippen LogP contribution in [0.4, 0.5) is 0 Å². The Hall–Kier alpha value is -3.73. The molecule has 11 heteroatoms.